The number of piperidine rings is 1. The third kappa shape index (κ3) is 1.88. The summed E-state index contributed by atoms with van der Waals surface area (Å²) < 4.78 is 0. The first-order valence-electron chi connectivity index (χ1n) is 5.85. The molecule has 1 saturated heterocycles. The third-order valence-corrected chi connectivity index (χ3v) is 4.03. The predicted octanol–water partition coefficient (Wildman–Crippen LogP) is 0.565. The van der Waals surface area contributed by atoms with Gasteiger partial charge in [0.05, 0.1) is 5.92 Å². The SMILES string of the molecule is CC1NC2CCCCC2C(C(=O)O)C1N. The number of carboxylic acid groups (broad SMARTS) is 1. The Morgan fingerprint density at radius 3 is 2.73 bits per heavy atom. The minimum Gasteiger partial charge on any atom is -0.481 e. The molecule has 4 heteroatoms. The van der Waals surface area contributed by atoms with Crippen molar-refractivity contribution in [3.63, 3.8) is 0 Å². The van der Waals surface area contributed by atoms with Crippen LogP contribution in [0.1, 0.15) is 32.6 Å². The Labute approximate surface area is 90.2 Å². The van der Waals surface area contributed by atoms with Gasteiger partial charge in [-0.1, -0.05) is 12.8 Å². The summed E-state index contributed by atoms with van der Waals surface area (Å²) in [5, 5.41) is 12.7. The van der Waals surface area contributed by atoms with Crippen molar-refractivity contribution < 1.29 is 9.90 Å². The lowest BCUT2D eigenvalue weighted by Crippen LogP contribution is -2.64. The van der Waals surface area contributed by atoms with Crippen LogP contribution in [-0.2, 0) is 4.79 Å². The molecule has 4 N–H and O–H groups in total. The summed E-state index contributed by atoms with van der Waals surface area (Å²) in [6, 6.07) is 0.238. The summed E-state index contributed by atoms with van der Waals surface area (Å²) in [5.41, 5.74) is 5.99. The Bertz CT molecular complexity index is 257. The number of fused-ring (bicyclic) bond motifs is 1. The summed E-state index contributed by atoms with van der Waals surface area (Å²) in [7, 11) is 0. The van der Waals surface area contributed by atoms with E-state index in [1.807, 2.05) is 6.92 Å². The molecule has 0 aromatic carbocycles. The second-order valence-electron chi connectivity index (χ2n) is 4.95. The van der Waals surface area contributed by atoms with Crippen LogP contribution in [0.2, 0.25) is 0 Å². The molecule has 4 nitrogen and oxygen atoms in total. The maximum absolute atomic E-state index is 11.3. The van der Waals surface area contributed by atoms with Gasteiger partial charge in [0.1, 0.15) is 0 Å². The first kappa shape index (κ1) is 10.9. The van der Waals surface area contributed by atoms with Gasteiger partial charge < -0.3 is 16.2 Å². The number of carboxylic acids is 1. The van der Waals surface area contributed by atoms with Gasteiger partial charge in [0, 0.05) is 18.1 Å². The van der Waals surface area contributed by atoms with Gasteiger partial charge >= 0.3 is 5.97 Å². The van der Waals surface area contributed by atoms with Crippen LogP contribution >= 0.6 is 0 Å². The molecule has 5 unspecified atom stereocenters. The van der Waals surface area contributed by atoms with Crippen molar-refractivity contribution in [2.75, 3.05) is 0 Å². The zero-order valence-electron chi connectivity index (χ0n) is 9.15. The van der Waals surface area contributed by atoms with Gasteiger partial charge in [0.25, 0.3) is 0 Å². The van der Waals surface area contributed by atoms with Crippen LogP contribution in [0.25, 0.3) is 0 Å². The number of nitrogens with two attached hydrogens (primary N) is 1. The molecule has 2 aliphatic rings. The molecule has 0 aromatic heterocycles. The van der Waals surface area contributed by atoms with E-state index >= 15 is 0 Å². The molecule has 15 heavy (non-hydrogen) atoms. The fourth-order valence-corrected chi connectivity index (χ4v) is 3.19. The summed E-state index contributed by atoms with van der Waals surface area (Å²) in [4.78, 5) is 11.3. The summed E-state index contributed by atoms with van der Waals surface area (Å²) in [5.74, 6) is -0.832. The van der Waals surface area contributed by atoms with Crippen LogP contribution in [0.15, 0.2) is 0 Å². The van der Waals surface area contributed by atoms with Gasteiger partial charge in [-0.15, -0.1) is 0 Å². The fourth-order valence-electron chi connectivity index (χ4n) is 3.19. The molecule has 0 spiro atoms. The Hall–Kier alpha value is -0.610. The highest BCUT2D eigenvalue weighted by atomic mass is 16.4. The summed E-state index contributed by atoms with van der Waals surface area (Å²) in [6.07, 6.45) is 4.47. The minimum absolute atomic E-state index is 0.116. The molecule has 5 atom stereocenters. The second kappa shape index (κ2) is 4.10. The van der Waals surface area contributed by atoms with Crippen molar-refractivity contribution in [3.8, 4) is 0 Å². The number of hydrogen-bond donors (Lipinski definition) is 3. The first-order chi connectivity index (χ1) is 7.11. The molecule has 1 aliphatic carbocycles. The van der Waals surface area contributed by atoms with Crippen molar-refractivity contribution in [1.82, 2.24) is 5.32 Å². The quantitative estimate of drug-likeness (QED) is 0.594. The van der Waals surface area contributed by atoms with Crippen LogP contribution in [-0.4, -0.2) is 29.2 Å². The van der Waals surface area contributed by atoms with Crippen molar-refractivity contribution >= 4 is 5.97 Å². The van der Waals surface area contributed by atoms with E-state index in [4.69, 9.17) is 5.73 Å². The number of aliphatic carboxylic acids is 1. The van der Waals surface area contributed by atoms with Gasteiger partial charge in [0.2, 0.25) is 0 Å². The topological polar surface area (TPSA) is 75.3 Å². The molecule has 2 fully saturated rings. The Morgan fingerprint density at radius 1 is 1.40 bits per heavy atom. The van der Waals surface area contributed by atoms with Gasteiger partial charge in [0.15, 0.2) is 0 Å². The largest absolute Gasteiger partial charge is 0.481 e. The Morgan fingerprint density at radius 2 is 2.07 bits per heavy atom. The molecule has 0 aromatic rings. The molecular formula is C11H20N2O2. The number of carbonyl (C=O) groups is 1. The Balaban J connectivity index is 2.19. The van der Waals surface area contributed by atoms with Crippen LogP contribution in [0.5, 0.6) is 0 Å². The van der Waals surface area contributed by atoms with E-state index in [1.165, 1.54) is 6.42 Å². The molecule has 0 radical (unpaired) electrons. The average molecular weight is 212 g/mol. The highest BCUT2D eigenvalue weighted by Gasteiger charge is 2.45. The molecule has 0 amide bonds. The lowest BCUT2D eigenvalue weighted by atomic mass is 9.69. The molecule has 2 rings (SSSR count). The van der Waals surface area contributed by atoms with Crippen molar-refractivity contribution in [2.45, 2.75) is 50.7 Å². The standard InChI is InChI=1S/C11H20N2O2/c1-6-10(12)9(11(14)15)7-4-2-3-5-8(7)13-6/h6-10,13H,2-5,12H2,1H3,(H,14,15). The van der Waals surface area contributed by atoms with Gasteiger partial charge in [-0.2, -0.15) is 0 Å². The predicted molar refractivity (Wildman–Crippen MR) is 57.4 cm³/mol. The summed E-state index contributed by atoms with van der Waals surface area (Å²) >= 11 is 0. The van der Waals surface area contributed by atoms with Crippen molar-refractivity contribution in [3.05, 3.63) is 0 Å². The lowest BCUT2D eigenvalue weighted by molar-refractivity contribution is -0.147. The van der Waals surface area contributed by atoms with Crippen LogP contribution in [0, 0.1) is 11.8 Å². The monoisotopic (exact) mass is 212 g/mol. The molecule has 1 aliphatic heterocycles. The maximum Gasteiger partial charge on any atom is 0.308 e. The number of hydrogen-bond acceptors (Lipinski definition) is 3. The first-order valence-corrected chi connectivity index (χ1v) is 5.85. The highest BCUT2D eigenvalue weighted by Crippen LogP contribution is 2.36. The third-order valence-electron chi connectivity index (χ3n) is 4.03. The number of nitrogens with one attached hydrogen (secondary N) is 1. The van der Waals surface area contributed by atoms with Crippen LogP contribution in [0.3, 0.4) is 0 Å². The van der Waals surface area contributed by atoms with Gasteiger partial charge in [-0.25, -0.2) is 0 Å². The zero-order valence-corrected chi connectivity index (χ0v) is 9.15. The molecule has 0 bridgehead atoms. The minimum atomic E-state index is -0.715. The summed E-state index contributed by atoms with van der Waals surface area (Å²) in [6.45, 7) is 1.99. The lowest BCUT2D eigenvalue weighted by Gasteiger charge is -2.46. The van der Waals surface area contributed by atoms with Gasteiger partial charge in [-0.3, -0.25) is 4.79 Å². The van der Waals surface area contributed by atoms with Gasteiger partial charge in [-0.05, 0) is 25.7 Å². The van der Waals surface area contributed by atoms with Crippen molar-refractivity contribution in [2.24, 2.45) is 17.6 Å². The average Bonchev–Trinajstić information content (AvgIpc) is 2.19. The molecule has 1 saturated carbocycles. The van der Waals surface area contributed by atoms with E-state index in [0.29, 0.717) is 6.04 Å². The molecular weight excluding hydrogens is 192 g/mol. The second-order valence-corrected chi connectivity index (χ2v) is 4.95. The van der Waals surface area contributed by atoms with E-state index in [2.05, 4.69) is 5.32 Å². The molecule has 86 valence electrons. The van der Waals surface area contributed by atoms with E-state index in [9.17, 15) is 9.90 Å². The molecule has 1 heterocycles. The van der Waals surface area contributed by atoms with Crippen molar-refractivity contribution in [1.29, 1.82) is 0 Å². The van der Waals surface area contributed by atoms with E-state index in [1.54, 1.807) is 0 Å². The maximum atomic E-state index is 11.3. The van der Waals surface area contributed by atoms with E-state index in [-0.39, 0.29) is 23.9 Å². The number of rotatable bonds is 1. The van der Waals surface area contributed by atoms with Crippen LogP contribution in [0.4, 0.5) is 0 Å². The zero-order chi connectivity index (χ0) is 11.0. The normalized spacial score (nSPS) is 45.9. The van der Waals surface area contributed by atoms with Crippen LogP contribution < -0.4 is 11.1 Å². The fraction of sp³-hybridized carbons (Fsp3) is 0.909. The van der Waals surface area contributed by atoms with E-state index < -0.39 is 5.97 Å². The smallest absolute Gasteiger partial charge is 0.308 e. The highest BCUT2D eigenvalue weighted by molar-refractivity contribution is 5.72. The van der Waals surface area contributed by atoms with E-state index in [0.717, 1.165) is 19.3 Å². The Kier molecular flexibility index (Phi) is 2.98.